The second kappa shape index (κ2) is 10.5. The van der Waals surface area contributed by atoms with Crippen LogP contribution in [0.1, 0.15) is 28.8 Å². The molecule has 158 valence electrons. The second-order valence-corrected chi connectivity index (χ2v) is 8.70. The molecule has 0 unspecified atom stereocenters. The highest BCUT2D eigenvalue weighted by molar-refractivity contribution is 8.00. The Labute approximate surface area is 185 Å². The first-order chi connectivity index (χ1) is 14.4. The number of hydrogen-bond donors (Lipinski definition) is 2. The third-order valence-electron chi connectivity index (χ3n) is 4.96. The van der Waals surface area contributed by atoms with Crippen LogP contribution in [-0.4, -0.2) is 41.5 Å². The van der Waals surface area contributed by atoms with E-state index in [1.54, 1.807) is 29.2 Å². The van der Waals surface area contributed by atoms with Gasteiger partial charge in [0.15, 0.2) is 0 Å². The highest BCUT2D eigenvalue weighted by atomic mass is 35.5. The van der Waals surface area contributed by atoms with Gasteiger partial charge in [-0.05, 0) is 56.2 Å². The molecule has 8 heteroatoms. The summed E-state index contributed by atoms with van der Waals surface area (Å²) in [6.45, 7) is 3.00. The summed E-state index contributed by atoms with van der Waals surface area (Å²) in [7, 11) is 0. The number of nitrogens with one attached hydrogen (secondary N) is 2. The fourth-order valence-corrected chi connectivity index (χ4v) is 4.00. The van der Waals surface area contributed by atoms with E-state index in [-0.39, 0.29) is 29.4 Å². The van der Waals surface area contributed by atoms with E-state index in [4.69, 9.17) is 11.6 Å². The van der Waals surface area contributed by atoms with Crippen molar-refractivity contribution in [1.29, 1.82) is 0 Å². The summed E-state index contributed by atoms with van der Waals surface area (Å²) in [6, 6.07) is 14.7. The Morgan fingerprint density at radius 1 is 1.00 bits per heavy atom. The molecule has 1 heterocycles. The van der Waals surface area contributed by atoms with E-state index >= 15 is 0 Å². The Kier molecular flexibility index (Phi) is 7.76. The molecule has 0 aliphatic carbocycles. The molecule has 30 heavy (non-hydrogen) atoms. The van der Waals surface area contributed by atoms with Gasteiger partial charge in [0.1, 0.15) is 0 Å². The molecule has 2 N–H and O–H groups in total. The number of carbonyl (C=O) groups is 3. The van der Waals surface area contributed by atoms with Crippen LogP contribution in [0.15, 0.2) is 53.4 Å². The fourth-order valence-electron chi connectivity index (χ4n) is 3.17. The smallest absolute Gasteiger partial charge is 0.253 e. The third-order valence-corrected chi connectivity index (χ3v) is 6.22. The van der Waals surface area contributed by atoms with Crippen LogP contribution < -0.4 is 10.9 Å². The van der Waals surface area contributed by atoms with E-state index in [0.29, 0.717) is 36.5 Å². The average Bonchev–Trinajstić information content (AvgIpc) is 2.77. The average molecular weight is 446 g/mol. The quantitative estimate of drug-likeness (QED) is 0.546. The first-order valence-corrected chi connectivity index (χ1v) is 11.1. The molecule has 0 bridgehead atoms. The molecule has 1 fully saturated rings. The summed E-state index contributed by atoms with van der Waals surface area (Å²) in [5.74, 6) is -0.556. The highest BCUT2D eigenvalue weighted by Gasteiger charge is 2.28. The molecule has 0 aromatic heterocycles. The van der Waals surface area contributed by atoms with Crippen LogP contribution >= 0.6 is 23.4 Å². The first kappa shape index (κ1) is 22.2. The number of benzene rings is 2. The maximum Gasteiger partial charge on any atom is 0.253 e. The molecule has 1 saturated heterocycles. The van der Waals surface area contributed by atoms with Gasteiger partial charge in [-0.15, -0.1) is 11.8 Å². The van der Waals surface area contributed by atoms with Gasteiger partial charge in [-0.3, -0.25) is 25.2 Å². The van der Waals surface area contributed by atoms with E-state index in [1.165, 1.54) is 11.8 Å². The van der Waals surface area contributed by atoms with Crippen molar-refractivity contribution in [2.75, 3.05) is 18.8 Å². The monoisotopic (exact) mass is 445 g/mol. The zero-order chi connectivity index (χ0) is 21.5. The summed E-state index contributed by atoms with van der Waals surface area (Å²) < 4.78 is 0. The Balaban J connectivity index is 1.38. The molecule has 2 aromatic carbocycles. The zero-order valence-corrected chi connectivity index (χ0v) is 18.3. The number of nitrogens with zero attached hydrogens (tertiary/aromatic N) is 1. The maximum absolute atomic E-state index is 12.5. The number of halogens is 1. The van der Waals surface area contributed by atoms with E-state index in [1.807, 2.05) is 31.2 Å². The van der Waals surface area contributed by atoms with Crippen LogP contribution in [0.5, 0.6) is 0 Å². The van der Waals surface area contributed by atoms with Gasteiger partial charge in [0, 0.05) is 34.5 Å². The van der Waals surface area contributed by atoms with Crippen molar-refractivity contribution in [3.8, 4) is 0 Å². The van der Waals surface area contributed by atoms with Gasteiger partial charge in [-0.1, -0.05) is 29.3 Å². The molecule has 1 aliphatic heterocycles. The van der Waals surface area contributed by atoms with Gasteiger partial charge in [0.05, 0.1) is 5.75 Å². The predicted octanol–water partition coefficient (Wildman–Crippen LogP) is 3.44. The molecule has 0 spiro atoms. The Bertz CT molecular complexity index is 895. The van der Waals surface area contributed by atoms with Crippen LogP contribution in [0.2, 0.25) is 5.02 Å². The van der Waals surface area contributed by atoms with Gasteiger partial charge in [0.2, 0.25) is 11.8 Å². The van der Waals surface area contributed by atoms with E-state index < -0.39 is 0 Å². The molecule has 3 rings (SSSR count). The number of hydrazine groups is 1. The summed E-state index contributed by atoms with van der Waals surface area (Å²) in [4.78, 5) is 39.6. The largest absolute Gasteiger partial charge is 0.339 e. The van der Waals surface area contributed by atoms with Crippen LogP contribution in [-0.2, 0) is 9.59 Å². The molecule has 0 atom stereocenters. The van der Waals surface area contributed by atoms with Crippen molar-refractivity contribution >= 4 is 41.1 Å². The topological polar surface area (TPSA) is 78.5 Å². The summed E-state index contributed by atoms with van der Waals surface area (Å²) >= 11 is 7.27. The van der Waals surface area contributed by atoms with Crippen LogP contribution in [0.3, 0.4) is 0 Å². The minimum absolute atomic E-state index is 0.0630. The number of piperidine rings is 1. The highest BCUT2D eigenvalue weighted by Crippen LogP contribution is 2.20. The van der Waals surface area contributed by atoms with Crippen molar-refractivity contribution in [3.05, 3.63) is 64.7 Å². The molecular formula is C22H24ClN3O3S. The lowest BCUT2D eigenvalue weighted by atomic mass is 9.95. The minimum atomic E-state index is -0.260. The number of amides is 3. The normalized spacial score (nSPS) is 14.3. The van der Waals surface area contributed by atoms with Crippen molar-refractivity contribution in [3.63, 3.8) is 0 Å². The lowest BCUT2D eigenvalue weighted by Gasteiger charge is -2.31. The third kappa shape index (κ3) is 6.24. The van der Waals surface area contributed by atoms with Crippen LogP contribution in [0, 0.1) is 12.8 Å². The Hall–Kier alpha value is -2.51. The summed E-state index contributed by atoms with van der Waals surface area (Å²) in [6.07, 6.45) is 1.11. The van der Waals surface area contributed by atoms with E-state index in [0.717, 1.165) is 10.5 Å². The number of hydrogen-bond acceptors (Lipinski definition) is 4. The molecule has 1 aliphatic rings. The number of carbonyl (C=O) groups excluding carboxylic acids is 3. The van der Waals surface area contributed by atoms with Gasteiger partial charge in [-0.25, -0.2) is 0 Å². The van der Waals surface area contributed by atoms with E-state index in [9.17, 15) is 14.4 Å². The molecule has 0 radical (unpaired) electrons. The summed E-state index contributed by atoms with van der Waals surface area (Å²) in [5, 5.41) is 0.584. The van der Waals surface area contributed by atoms with Gasteiger partial charge < -0.3 is 4.90 Å². The molecular weight excluding hydrogens is 422 g/mol. The van der Waals surface area contributed by atoms with Crippen LogP contribution in [0.25, 0.3) is 0 Å². The van der Waals surface area contributed by atoms with Crippen LogP contribution in [0.4, 0.5) is 0 Å². The zero-order valence-electron chi connectivity index (χ0n) is 16.7. The van der Waals surface area contributed by atoms with E-state index in [2.05, 4.69) is 10.9 Å². The first-order valence-electron chi connectivity index (χ1n) is 9.75. The lowest BCUT2D eigenvalue weighted by molar-refractivity contribution is -0.131. The number of aryl methyl sites for hydroxylation is 1. The van der Waals surface area contributed by atoms with Gasteiger partial charge >= 0.3 is 0 Å². The maximum atomic E-state index is 12.5. The van der Waals surface area contributed by atoms with Crippen molar-refractivity contribution < 1.29 is 14.4 Å². The minimum Gasteiger partial charge on any atom is -0.339 e. The number of likely N-dealkylation sites (tertiary alicyclic amines) is 1. The van der Waals surface area contributed by atoms with Crippen molar-refractivity contribution in [2.24, 2.45) is 5.92 Å². The summed E-state index contributed by atoms with van der Waals surface area (Å²) in [5.41, 5.74) is 6.73. The Morgan fingerprint density at radius 2 is 1.63 bits per heavy atom. The van der Waals surface area contributed by atoms with Gasteiger partial charge in [0.25, 0.3) is 5.91 Å². The number of thioether (sulfide) groups is 1. The molecule has 3 amide bonds. The van der Waals surface area contributed by atoms with Gasteiger partial charge in [-0.2, -0.15) is 0 Å². The fraction of sp³-hybridized carbons (Fsp3) is 0.318. The molecule has 0 saturated carbocycles. The standard InChI is InChI=1S/C22H24ClN3O3S/c1-15-2-8-19(9-3-15)30-14-20(27)24-25-21(28)16-10-12-26(13-11-16)22(29)17-4-6-18(23)7-5-17/h2-9,16H,10-14H2,1H3,(H,24,27)(H,25,28). The number of rotatable bonds is 5. The van der Waals surface area contributed by atoms with Crippen molar-refractivity contribution in [2.45, 2.75) is 24.7 Å². The predicted molar refractivity (Wildman–Crippen MR) is 118 cm³/mol. The lowest BCUT2D eigenvalue weighted by Crippen LogP contribution is -2.48. The second-order valence-electron chi connectivity index (χ2n) is 7.21. The molecule has 6 nitrogen and oxygen atoms in total. The van der Waals surface area contributed by atoms with Crippen molar-refractivity contribution in [1.82, 2.24) is 15.8 Å². The molecule has 2 aromatic rings. The Morgan fingerprint density at radius 3 is 2.27 bits per heavy atom. The SMILES string of the molecule is Cc1ccc(SCC(=O)NNC(=O)C2CCN(C(=O)c3ccc(Cl)cc3)CC2)cc1.